The zero-order valence-corrected chi connectivity index (χ0v) is 14.3. The highest BCUT2D eigenvalue weighted by atomic mass is 32.2. The predicted octanol–water partition coefficient (Wildman–Crippen LogP) is 1.48. The molecular weight excluding hydrogens is 320 g/mol. The molecule has 0 radical (unpaired) electrons. The number of carboxylic acid groups (broad SMARTS) is 1. The molecule has 1 aromatic carbocycles. The Bertz CT molecular complexity index is 651. The van der Waals surface area contributed by atoms with Gasteiger partial charge in [0.2, 0.25) is 15.9 Å². The monoisotopic (exact) mass is 342 g/mol. The van der Waals surface area contributed by atoms with Gasteiger partial charge < -0.3 is 10.4 Å². The molecule has 0 fully saturated rings. The lowest BCUT2D eigenvalue weighted by Gasteiger charge is -2.18. The van der Waals surface area contributed by atoms with Crippen LogP contribution in [0.2, 0.25) is 0 Å². The number of carbonyl (C=O) groups excluding carboxylic acids is 1. The molecule has 1 atom stereocenters. The smallest absolute Gasteiger partial charge is 0.310 e. The van der Waals surface area contributed by atoms with Crippen molar-refractivity contribution in [3.8, 4) is 0 Å². The number of hydrogen-bond donors (Lipinski definition) is 2. The van der Waals surface area contributed by atoms with Gasteiger partial charge in [-0.3, -0.25) is 9.59 Å². The second-order valence-corrected chi connectivity index (χ2v) is 7.04. The summed E-state index contributed by atoms with van der Waals surface area (Å²) < 4.78 is 25.2. The van der Waals surface area contributed by atoms with Crippen molar-refractivity contribution in [2.45, 2.75) is 26.7 Å². The first-order chi connectivity index (χ1) is 10.7. The van der Waals surface area contributed by atoms with E-state index in [0.29, 0.717) is 24.3 Å². The third-order valence-corrected chi connectivity index (χ3v) is 5.41. The van der Waals surface area contributed by atoms with Crippen molar-refractivity contribution in [3.05, 3.63) is 29.8 Å². The largest absolute Gasteiger partial charge is 0.481 e. The van der Waals surface area contributed by atoms with Crippen molar-refractivity contribution in [1.29, 1.82) is 0 Å². The van der Waals surface area contributed by atoms with Crippen LogP contribution in [0.1, 0.15) is 32.3 Å². The topological polar surface area (TPSA) is 104 Å². The summed E-state index contributed by atoms with van der Waals surface area (Å²) in [6, 6.07) is 6.29. The quantitative estimate of drug-likeness (QED) is 0.745. The van der Waals surface area contributed by atoms with E-state index in [2.05, 4.69) is 5.32 Å². The Labute approximate surface area is 136 Å². The van der Waals surface area contributed by atoms with E-state index in [1.54, 1.807) is 45.0 Å². The van der Waals surface area contributed by atoms with Crippen LogP contribution in [0.3, 0.4) is 0 Å². The summed E-state index contributed by atoms with van der Waals surface area (Å²) in [5.74, 6) is -2.84. The maximum Gasteiger partial charge on any atom is 0.310 e. The Morgan fingerprint density at radius 1 is 1.17 bits per heavy atom. The van der Waals surface area contributed by atoms with Crippen LogP contribution in [0.15, 0.2) is 24.3 Å². The van der Waals surface area contributed by atoms with Crippen molar-refractivity contribution in [3.63, 3.8) is 0 Å². The van der Waals surface area contributed by atoms with Crippen LogP contribution in [0.5, 0.6) is 0 Å². The normalized spacial score (nSPS) is 12.9. The van der Waals surface area contributed by atoms with E-state index < -0.39 is 33.6 Å². The Kier molecular flexibility index (Phi) is 6.71. The van der Waals surface area contributed by atoms with E-state index in [0.717, 1.165) is 0 Å². The maximum absolute atomic E-state index is 12.0. The Balaban J connectivity index is 2.73. The van der Waals surface area contributed by atoms with Crippen LogP contribution < -0.4 is 5.32 Å². The van der Waals surface area contributed by atoms with Crippen LogP contribution in [-0.4, -0.2) is 48.5 Å². The fraction of sp³-hybridized carbons (Fsp3) is 0.467. The summed E-state index contributed by atoms with van der Waals surface area (Å²) in [7, 11) is -3.63. The second-order valence-electron chi connectivity index (χ2n) is 5.07. The van der Waals surface area contributed by atoms with Crippen LogP contribution in [0, 0.1) is 0 Å². The molecule has 128 valence electrons. The number of carbonyl (C=O) groups is 2. The highest BCUT2D eigenvalue weighted by Gasteiger charge is 2.22. The van der Waals surface area contributed by atoms with Gasteiger partial charge >= 0.3 is 5.97 Å². The van der Waals surface area contributed by atoms with Crippen LogP contribution in [-0.2, 0) is 19.6 Å². The first-order valence-electron chi connectivity index (χ1n) is 7.31. The lowest BCUT2D eigenvalue weighted by atomic mass is 10.0. The number of sulfonamides is 1. The minimum absolute atomic E-state index is 0.313. The van der Waals surface area contributed by atoms with E-state index in [-0.39, 0.29) is 0 Å². The average molecular weight is 342 g/mol. The van der Waals surface area contributed by atoms with Gasteiger partial charge in [0.15, 0.2) is 0 Å². The minimum Gasteiger partial charge on any atom is -0.481 e. The van der Waals surface area contributed by atoms with Gasteiger partial charge in [-0.15, -0.1) is 0 Å². The zero-order valence-electron chi connectivity index (χ0n) is 13.4. The fourth-order valence-electron chi connectivity index (χ4n) is 2.07. The predicted molar refractivity (Wildman–Crippen MR) is 87.8 cm³/mol. The first kappa shape index (κ1) is 19.1. The van der Waals surface area contributed by atoms with Crippen molar-refractivity contribution < 1.29 is 23.1 Å². The van der Waals surface area contributed by atoms with Gasteiger partial charge in [0.25, 0.3) is 0 Å². The van der Waals surface area contributed by atoms with E-state index in [9.17, 15) is 18.0 Å². The molecule has 0 saturated carbocycles. The van der Waals surface area contributed by atoms with Crippen LogP contribution in [0.25, 0.3) is 0 Å². The number of hydrogen-bond acceptors (Lipinski definition) is 4. The van der Waals surface area contributed by atoms with Crippen molar-refractivity contribution in [2.24, 2.45) is 0 Å². The third kappa shape index (κ3) is 5.33. The molecule has 0 aliphatic heterocycles. The van der Waals surface area contributed by atoms with Crippen molar-refractivity contribution in [1.82, 2.24) is 4.31 Å². The molecular formula is C15H22N2O5S. The van der Waals surface area contributed by atoms with E-state index in [1.165, 1.54) is 4.31 Å². The van der Waals surface area contributed by atoms with Crippen molar-refractivity contribution in [2.75, 3.05) is 24.2 Å². The van der Waals surface area contributed by atoms with Crippen molar-refractivity contribution >= 4 is 27.6 Å². The summed E-state index contributed by atoms with van der Waals surface area (Å²) in [6.07, 6.45) is 0. The summed E-state index contributed by atoms with van der Waals surface area (Å²) >= 11 is 0. The fourth-order valence-corrected chi connectivity index (χ4v) is 3.44. The van der Waals surface area contributed by atoms with E-state index in [4.69, 9.17) is 5.11 Å². The Hall–Kier alpha value is -1.93. The molecule has 0 spiro atoms. The first-order valence-corrected chi connectivity index (χ1v) is 8.92. The number of nitrogens with zero attached hydrogens (tertiary/aromatic N) is 1. The molecule has 0 bridgehead atoms. The summed E-state index contributed by atoms with van der Waals surface area (Å²) in [4.78, 5) is 22.8. The van der Waals surface area contributed by atoms with Gasteiger partial charge in [-0.2, -0.15) is 0 Å². The number of nitrogens with one attached hydrogen (secondary N) is 1. The summed E-state index contributed by atoms with van der Waals surface area (Å²) in [5.41, 5.74) is 1.03. The maximum atomic E-state index is 12.0. The van der Waals surface area contributed by atoms with Gasteiger partial charge in [-0.1, -0.05) is 26.0 Å². The number of amides is 1. The standard InChI is InChI=1S/C15H22N2O5S/c1-4-17(5-2)23(21,22)10-14(18)16-13-8-6-12(7-9-13)11(3)15(19)20/h6-9,11H,4-5,10H2,1-3H3,(H,16,18)(H,19,20). The second kappa shape index (κ2) is 8.07. The molecule has 1 aromatic rings. The van der Waals surface area contributed by atoms with Gasteiger partial charge in [-0.05, 0) is 24.6 Å². The zero-order chi connectivity index (χ0) is 17.6. The van der Waals surface area contributed by atoms with Gasteiger partial charge in [0.05, 0.1) is 5.92 Å². The number of aliphatic carboxylic acids is 1. The Morgan fingerprint density at radius 3 is 2.13 bits per heavy atom. The van der Waals surface area contributed by atoms with Crippen LogP contribution in [0.4, 0.5) is 5.69 Å². The van der Waals surface area contributed by atoms with Crippen LogP contribution >= 0.6 is 0 Å². The molecule has 1 unspecified atom stereocenters. The summed E-state index contributed by atoms with van der Waals surface area (Å²) in [5, 5.41) is 11.4. The SMILES string of the molecule is CCN(CC)S(=O)(=O)CC(=O)Nc1ccc(C(C)C(=O)O)cc1. The van der Waals surface area contributed by atoms with E-state index >= 15 is 0 Å². The highest BCUT2D eigenvalue weighted by molar-refractivity contribution is 7.89. The van der Waals surface area contributed by atoms with Gasteiger partial charge in [-0.25, -0.2) is 12.7 Å². The molecule has 0 aliphatic rings. The molecule has 8 heteroatoms. The average Bonchev–Trinajstić information content (AvgIpc) is 2.47. The number of benzene rings is 1. The number of anilines is 1. The number of rotatable bonds is 8. The number of carboxylic acids is 1. The minimum atomic E-state index is -3.63. The molecule has 0 saturated heterocycles. The highest BCUT2D eigenvalue weighted by Crippen LogP contribution is 2.18. The molecule has 1 rings (SSSR count). The lowest BCUT2D eigenvalue weighted by molar-refractivity contribution is -0.138. The van der Waals surface area contributed by atoms with Gasteiger partial charge in [0, 0.05) is 18.8 Å². The molecule has 0 heterocycles. The molecule has 7 nitrogen and oxygen atoms in total. The molecule has 1 amide bonds. The molecule has 23 heavy (non-hydrogen) atoms. The summed E-state index contributed by atoms with van der Waals surface area (Å²) in [6.45, 7) is 5.61. The molecule has 2 N–H and O–H groups in total. The van der Waals surface area contributed by atoms with Gasteiger partial charge in [0.1, 0.15) is 5.75 Å². The molecule has 0 aliphatic carbocycles. The lowest BCUT2D eigenvalue weighted by Crippen LogP contribution is -2.36. The third-order valence-electron chi connectivity index (χ3n) is 3.48. The molecule has 0 aromatic heterocycles. The van der Waals surface area contributed by atoms with E-state index in [1.807, 2.05) is 0 Å². The Morgan fingerprint density at radius 2 is 1.70 bits per heavy atom.